The van der Waals surface area contributed by atoms with Crippen LogP contribution in [0.25, 0.3) is 0 Å². The molecule has 0 saturated heterocycles. The van der Waals surface area contributed by atoms with Crippen molar-refractivity contribution in [2.24, 2.45) is 23.5 Å². The number of phenols is 1. The maximum atomic E-state index is 13.8. The zero-order valence-corrected chi connectivity index (χ0v) is 21.9. The Morgan fingerprint density at radius 1 is 1.11 bits per heavy atom. The number of fused-ring (bicyclic) bond motifs is 3. The number of rotatable bonds is 5. The number of likely N-dealkylation sites (N-methyl/N-ethyl adjacent to an activating group) is 1. The lowest BCUT2D eigenvalue weighted by atomic mass is 9.58. The first-order chi connectivity index (χ1) is 18.0. The number of aromatic hydroxyl groups is 1. The maximum Gasteiger partial charge on any atom is 0.255 e. The Hall–Kier alpha value is -3.17. The van der Waals surface area contributed by atoms with Gasteiger partial charge in [-0.25, -0.2) is 0 Å². The molecule has 1 aromatic rings. The minimum Gasteiger partial charge on any atom is -0.510 e. The van der Waals surface area contributed by atoms with E-state index < -0.39 is 58.0 Å². The van der Waals surface area contributed by atoms with E-state index >= 15 is 0 Å². The highest BCUT2D eigenvalue weighted by Gasteiger charge is 2.63. The van der Waals surface area contributed by atoms with E-state index in [2.05, 4.69) is 0 Å². The van der Waals surface area contributed by atoms with Gasteiger partial charge in [-0.15, -0.1) is 0 Å². The van der Waals surface area contributed by atoms with Gasteiger partial charge in [0.25, 0.3) is 5.91 Å². The van der Waals surface area contributed by atoms with E-state index in [0.717, 1.165) is 24.0 Å². The van der Waals surface area contributed by atoms with E-state index in [-0.39, 0.29) is 23.3 Å². The summed E-state index contributed by atoms with van der Waals surface area (Å²) < 4.78 is 0. The van der Waals surface area contributed by atoms with Crippen molar-refractivity contribution in [1.29, 1.82) is 0 Å². The number of ketones is 2. The summed E-state index contributed by atoms with van der Waals surface area (Å²) in [5.41, 5.74) is 3.65. The molecule has 1 saturated carbocycles. The number of primary amides is 1. The van der Waals surface area contributed by atoms with Gasteiger partial charge < -0.3 is 26.2 Å². The SMILES string of the molecule is CN(C)[C@@H]1C(O)=C(C(N)=O)C(=O)[C@@]2(O)C(O)=C3C(=O)c4c(O)ccc(CCC5CCCCC5)c4CC3CC12. The summed E-state index contributed by atoms with van der Waals surface area (Å²) in [5, 5.41) is 44.6. The van der Waals surface area contributed by atoms with Gasteiger partial charge in [-0.3, -0.25) is 19.3 Å². The number of nitrogens with zero attached hydrogens (tertiary/aromatic N) is 1. The molecule has 6 N–H and O–H groups in total. The van der Waals surface area contributed by atoms with Crippen molar-refractivity contribution in [3.05, 3.63) is 51.5 Å². The van der Waals surface area contributed by atoms with Crippen molar-refractivity contribution in [3.8, 4) is 5.75 Å². The van der Waals surface area contributed by atoms with Gasteiger partial charge in [-0.05, 0) is 68.8 Å². The van der Waals surface area contributed by atoms with Crippen molar-refractivity contribution in [1.82, 2.24) is 4.90 Å². The number of aliphatic hydroxyl groups is 3. The van der Waals surface area contributed by atoms with Crippen LogP contribution in [0.15, 0.2) is 34.8 Å². The largest absolute Gasteiger partial charge is 0.510 e. The quantitative estimate of drug-likeness (QED) is 0.367. The number of phenolic OH excluding ortho intramolecular Hbond substituents is 1. The predicted octanol–water partition coefficient (Wildman–Crippen LogP) is 2.63. The minimum atomic E-state index is -2.61. The molecule has 204 valence electrons. The molecule has 2 unspecified atom stereocenters. The first-order valence-corrected chi connectivity index (χ1v) is 13.5. The van der Waals surface area contributed by atoms with E-state index in [1.165, 1.54) is 38.2 Å². The molecule has 5 rings (SSSR count). The van der Waals surface area contributed by atoms with Gasteiger partial charge in [-0.2, -0.15) is 0 Å². The number of allylic oxidation sites excluding steroid dienone is 1. The zero-order chi connectivity index (χ0) is 27.5. The van der Waals surface area contributed by atoms with Crippen LogP contribution in [-0.4, -0.2) is 68.5 Å². The molecule has 0 aromatic heterocycles. The van der Waals surface area contributed by atoms with Crippen LogP contribution in [0.1, 0.15) is 66.4 Å². The lowest BCUT2D eigenvalue weighted by Gasteiger charge is -2.50. The standard InChI is InChI=1S/C29H36N2O7/c1-31(2)23-18-13-16-12-17-15(9-8-14-6-4-3-5-7-14)10-11-19(32)21(17)24(33)20(16)26(35)29(18,38)27(36)22(25(23)34)28(30)37/h10-11,14,16,18,23,32,34-35,38H,3-9,12-13H2,1-2H3,(H2,30,37)/t16?,18?,23-,29-/m0/s1. The Labute approximate surface area is 221 Å². The molecule has 0 bridgehead atoms. The number of Topliss-reactive ketones (excluding diaryl/α,β-unsaturated/α-hetero) is 2. The number of carbonyl (C=O) groups is 3. The second kappa shape index (κ2) is 9.54. The monoisotopic (exact) mass is 524 g/mol. The molecule has 38 heavy (non-hydrogen) atoms. The van der Waals surface area contributed by atoms with Crippen molar-refractivity contribution in [2.75, 3.05) is 14.1 Å². The van der Waals surface area contributed by atoms with Gasteiger partial charge in [-0.1, -0.05) is 38.2 Å². The number of amides is 1. The second-order valence-electron chi connectivity index (χ2n) is 11.6. The van der Waals surface area contributed by atoms with E-state index in [1.54, 1.807) is 19.0 Å². The number of aliphatic hydroxyl groups excluding tert-OH is 2. The normalized spacial score (nSPS) is 29.8. The Bertz CT molecular complexity index is 1270. The molecule has 4 aliphatic carbocycles. The second-order valence-corrected chi connectivity index (χ2v) is 11.6. The number of nitrogens with two attached hydrogens (primary N) is 1. The summed E-state index contributed by atoms with van der Waals surface area (Å²) in [6, 6.07) is 2.36. The summed E-state index contributed by atoms with van der Waals surface area (Å²) in [7, 11) is 3.24. The summed E-state index contributed by atoms with van der Waals surface area (Å²) in [6.07, 6.45) is 8.36. The number of benzene rings is 1. The Balaban J connectivity index is 1.58. The summed E-state index contributed by atoms with van der Waals surface area (Å²) in [5.74, 6) is -5.61. The molecule has 0 aliphatic heterocycles. The average molecular weight is 525 g/mol. The van der Waals surface area contributed by atoms with E-state index in [4.69, 9.17) is 5.73 Å². The highest BCUT2D eigenvalue weighted by molar-refractivity contribution is 6.24. The molecule has 0 radical (unpaired) electrons. The molecule has 1 aromatic carbocycles. The van der Waals surface area contributed by atoms with Gasteiger partial charge in [0.05, 0.1) is 11.6 Å². The third kappa shape index (κ3) is 3.86. The van der Waals surface area contributed by atoms with Crippen molar-refractivity contribution in [3.63, 3.8) is 0 Å². The van der Waals surface area contributed by atoms with Crippen LogP contribution in [0, 0.1) is 17.8 Å². The smallest absolute Gasteiger partial charge is 0.255 e. The molecule has 1 amide bonds. The number of aryl methyl sites for hydroxylation is 1. The van der Waals surface area contributed by atoms with E-state index in [9.17, 15) is 34.8 Å². The zero-order valence-electron chi connectivity index (χ0n) is 21.9. The molecule has 9 heteroatoms. The van der Waals surface area contributed by atoms with Gasteiger partial charge in [0.15, 0.2) is 11.4 Å². The molecular formula is C29H36N2O7. The molecule has 4 aliphatic rings. The number of hydrogen-bond acceptors (Lipinski definition) is 8. The van der Waals surface area contributed by atoms with Crippen molar-refractivity contribution in [2.45, 2.75) is 69.4 Å². The highest BCUT2D eigenvalue weighted by atomic mass is 16.3. The lowest BCUT2D eigenvalue weighted by molar-refractivity contribution is -0.148. The Morgan fingerprint density at radius 3 is 2.42 bits per heavy atom. The van der Waals surface area contributed by atoms with Crippen molar-refractivity contribution >= 4 is 17.5 Å². The van der Waals surface area contributed by atoms with Crippen LogP contribution in [0.2, 0.25) is 0 Å². The third-order valence-corrected chi connectivity index (χ3v) is 9.25. The summed E-state index contributed by atoms with van der Waals surface area (Å²) in [4.78, 5) is 40.8. The molecule has 0 heterocycles. The summed E-state index contributed by atoms with van der Waals surface area (Å²) in [6.45, 7) is 0. The summed E-state index contributed by atoms with van der Waals surface area (Å²) >= 11 is 0. The molecule has 4 atom stereocenters. The molecule has 9 nitrogen and oxygen atoms in total. The Kier molecular flexibility index (Phi) is 6.64. The molecule has 0 spiro atoms. The highest BCUT2D eigenvalue weighted by Crippen LogP contribution is 2.52. The lowest BCUT2D eigenvalue weighted by Crippen LogP contribution is -2.63. The third-order valence-electron chi connectivity index (χ3n) is 9.25. The first-order valence-electron chi connectivity index (χ1n) is 13.5. The molecule has 1 fully saturated rings. The van der Waals surface area contributed by atoms with Crippen LogP contribution in [-0.2, 0) is 22.4 Å². The van der Waals surface area contributed by atoms with E-state index in [0.29, 0.717) is 12.3 Å². The van der Waals surface area contributed by atoms with Gasteiger partial charge in [0.2, 0.25) is 5.78 Å². The number of hydrogen-bond donors (Lipinski definition) is 5. The average Bonchev–Trinajstić information content (AvgIpc) is 2.86. The minimum absolute atomic E-state index is 0.0897. The Morgan fingerprint density at radius 2 is 1.79 bits per heavy atom. The fraction of sp³-hybridized carbons (Fsp3) is 0.552. The van der Waals surface area contributed by atoms with Gasteiger partial charge in [0, 0.05) is 11.5 Å². The fourth-order valence-electron chi connectivity index (χ4n) is 7.38. The number of carbonyl (C=O) groups excluding carboxylic acids is 3. The van der Waals surface area contributed by atoms with Gasteiger partial charge in [0.1, 0.15) is 22.8 Å². The van der Waals surface area contributed by atoms with Crippen LogP contribution in [0.4, 0.5) is 0 Å². The maximum absolute atomic E-state index is 13.8. The van der Waals surface area contributed by atoms with E-state index in [1.807, 2.05) is 6.07 Å². The van der Waals surface area contributed by atoms with Crippen LogP contribution < -0.4 is 5.73 Å². The first kappa shape index (κ1) is 26.4. The van der Waals surface area contributed by atoms with Crippen molar-refractivity contribution < 1.29 is 34.8 Å². The fourth-order valence-corrected chi connectivity index (χ4v) is 7.38. The van der Waals surface area contributed by atoms with Crippen LogP contribution >= 0.6 is 0 Å². The van der Waals surface area contributed by atoms with Gasteiger partial charge >= 0.3 is 0 Å². The molecular weight excluding hydrogens is 488 g/mol. The van der Waals surface area contributed by atoms with Crippen LogP contribution in [0.5, 0.6) is 5.75 Å². The topological polar surface area (TPSA) is 161 Å². The van der Waals surface area contributed by atoms with Crippen LogP contribution in [0.3, 0.4) is 0 Å². The predicted molar refractivity (Wildman–Crippen MR) is 139 cm³/mol.